The average molecular weight is 334 g/mol. The first-order valence-electron chi connectivity index (χ1n) is 7.81. The highest BCUT2D eigenvalue weighted by molar-refractivity contribution is 5.94. The number of carbonyl (C=O) groups excluding carboxylic acids is 1. The zero-order valence-corrected chi connectivity index (χ0v) is 12.9. The topological polar surface area (TPSA) is 41.1 Å². The molecule has 0 atom stereocenters. The van der Waals surface area contributed by atoms with Crippen LogP contribution in [-0.2, 0) is 0 Å². The van der Waals surface area contributed by atoms with E-state index < -0.39 is 17.5 Å². The minimum Gasteiger partial charge on any atom is -0.349 e. The largest absolute Gasteiger partial charge is 0.349 e. The van der Waals surface area contributed by atoms with Gasteiger partial charge in [0.2, 0.25) is 0 Å². The van der Waals surface area contributed by atoms with Crippen LogP contribution in [0.1, 0.15) is 23.2 Å². The Balaban J connectivity index is 1.74. The van der Waals surface area contributed by atoms with Crippen molar-refractivity contribution in [3.63, 3.8) is 0 Å². The van der Waals surface area contributed by atoms with Crippen LogP contribution < -0.4 is 10.6 Å². The molecule has 126 valence electrons. The van der Waals surface area contributed by atoms with Gasteiger partial charge in [0.25, 0.3) is 5.91 Å². The van der Waals surface area contributed by atoms with Gasteiger partial charge >= 0.3 is 0 Å². The van der Waals surface area contributed by atoms with Crippen LogP contribution in [0.25, 0.3) is 11.1 Å². The zero-order valence-electron chi connectivity index (χ0n) is 12.9. The van der Waals surface area contributed by atoms with Gasteiger partial charge in [0.1, 0.15) is 0 Å². The highest BCUT2D eigenvalue weighted by Gasteiger charge is 2.17. The van der Waals surface area contributed by atoms with Crippen molar-refractivity contribution in [2.45, 2.75) is 18.9 Å². The molecule has 0 radical (unpaired) electrons. The van der Waals surface area contributed by atoms with Crippen molar-refractivity contribution in [2.75, 3.05) is 13.1 Å². The van der Waals surface area contributed by atoms with Gasteiger partial charge in [-0.2, -0.15) is 0 Å². The van der Waals surface area contributed by atoms with E-state index in [0.29, 0.717) is 11.1 Å². The molecule has 1 fully saturated rings. The van der Waals surface area contributed by atoms with Gasteiger partial charge in [0.05, 0.1) is 0 Å². The van der Waals surface area contributed by atoms with E-state index in [1.165, 1.54) is 0 Å². The molecule has 24 heavy (non-hydrogen) atoms. The van der Waals surface area contributed by atoms with Crippen LogP contribution in [0, 0.1) is 17.5 Å². The first-order chi connectivity index (χ1) is 11.5. The third-order valence-corrected chi connectivity index (χ3v) is 4.14. The summed E-state index contributed by atoms with van der Waals surface area (Å²) in [5.41, 5.74) is 1.20. The van der Waals surface area contributed by atoms with Gasteiger partial charge in [-0.25, -0.2) is 13.2 Å². The van der Waals surface area contributed by atoms with E-state index in [0.717, 1.165) is 38.1 Å². The second-order valence-electron chi connectivity index (χ2n) is 5.83. The van der Waals surface area contributed by atoms with E-state index in [9.17, 15) is 18.0 Å². The van der Waals surface area contributed by atoms with Crippen LogP contribution in [0.3, 0.4) is 0 Å². The summed E-state index contributed by atoms with van der Waals surface area (Å²) in [5, 5.41) is 6.20. The Morgan fingerprint density at radius 1 is 0.958 bits per heavy atom. The Kier molecular flexibility index (Phi) is 4.85. The predicted molar refractivity (Wildman–Crippen MR) is 85.1 cm³/mol. The lowest BCUT2D eigenvalue weighted by Crippen LogP contribution is -2.42. The molecule has 1 aliphatic heterocycles. The number of carbonyl (C=O) groups is 1. The SMILES string of the molecule is O=C(NC1CCNCC1)c1ccc(-c2cc(F)c(F)c(F)c2)cc1. The van der Waals surface area contributed by atoms with E-state index in [1.807, 2.05) is 0 Å². The lowest BCUT2D eigenvalue weighted by Gasteiger charge is -2.23. The fourth-order valence-corrected chi connectivity index (χ4v) is 2.77. The van der Waals surface area contributed by atoms with Gasteiger partial charge in [-0.1, -0.05) is 12.1 Å². The molecule has 2 aromatic carbocycles. The number of nitrogens with one attached hydrogen (secondary N) is 2. The monoisotopic (exact) mass is 334 g/mol. The number of benzene rings is 2. The highest BCUT2D eigenvalue weighted by Crippen LogP contribution is 2.24. The third kappa shape index (κ3) is 3.59. The molecule has 0 unspecified atom stereocenters. The Labute approximate surface area is 137 Å². The lowest BCUT2D eigenvalue weighted by molar-refractivity contribution is 0.0929. The fraction of sp³-hybridized carbons (Fsp3) is 0.278. The average Bonchev–Trinajstić information content (AvgIpc) is 2.60. The van der Waals surface area contributed by atoms with Crippen LogP contribution in [0.15, 0.2) is 36.4 Å². The normalized spacial score (nSPS) is 15.3. The van der Waals surface area contributed by atoms with Crippen LogP contribution in [0.4, 0.5) is 13.2 Å². The summed E-state index contributed by atoms with van der Waals surface area (Å²) >= 11 is 0. The zero-order chi connectivity index (χ0) is 17.1. The maximum absolute atomic E-state index is 13.3. The Bertz CT molecular complexity index is 717. The smallest absolute Gasteiger partial charge is 0.251 e. The maximum atomic E-state index is 13.3. The molecule has 3 nitrogen and oxygen atoms in total. The van der Waals surface area contributed by atoms with Gasteiger partial charge in [-0.15, -0.1) is 0 Å². The summed E-state index contributed by atoms with van der Waals surface area (Å²) < 4.78 is 39.6. The molecule has 0 bridgehead atoms. The van der Waals surface area contributed by atoms with E-state index in [4.69, 9.17) is 0 Å². The molecule has 0 saturated carbocycles. The van der Waals surface area contributed by atoms with E-state index >= 15 is 0 Å². The van der Waals surface area contributed by atoms with E-state index in [-0.39, 0.29) is 17.5 Å². The molecular weight excluding hydrogens is 317 g/mol. The number of hydrogen-bond donors (Lipinski definition) is 2. The summed E-state index contributed by atoms with van der Waals surface area (Å²) in [4.78, 5) is 12.2. The van der Waals surface area contributed by atoms with Crippen molar-refractivity contribution in [3.8, 4) is 11.1 Å². The lowest BCUT2D eigenvalue weighted by atomic mass is 10.0. The van der Waals surface area contributed by atoms with Gasteiger partial charge in [-0.3, -0.25) is 4.79 Å². The van der Waals surface area contributed by atoms with Crippen molar-refractivity contribution >= 4 is 5.91 Å². The molecule has 1 saturated heterocycles. The molecule has 1 aliphatic rings. The molecule has 0 aliphatic carbocycles. The van der Waals surface area contributed by atoms with Gasteiger partial charge in [-0.05, 0) is 61.3 Å². The van der Waals surface area contributed by atoms with E-state index in [1.54, 1.807) is 24.3 Å². The van der Waals surface area contributed by atoms with Crippen molar-refractivity contribution in [2.24, 2.45) is 0 Å². The van der Waals surface area contributed by atoms with Gasteiger partial charge in [0, 0.05) is 11.6 Å². The van der Waals surface area contributed by atoms with Crippen LogP contribution >= 0.6 is 0 Å². The third-order valence-electron chi connectivity index (χ3n) is 4.14. The summed E-state index contributed by atoms with van der Waals surface area (Å²) in [6.07, 6.45) is 1.77. The second-order valence-corrected chi connectivity index (χ2v) is 5.83. The quantitative estimate of drug-likeness (QED) is 0.846. The standard InChI is InChI=1S/C18H17F3N2O/c19-15-9-13(10-16(20)17(15)21)11-1-3-12(4-2-11)18(24)23-14-5-7-22-8-6-14/h1-4,9-10,14,22H,5-8H2,(H,23,24). The molecule has 3 rings (SSSR count). The number of amides is 1. The van der Waals surface area contributed by atoms with Crippen LogP contribution in [0.5, 0.6) is 0 Å². The summed E-state index contributed by atoms with van der Waals surface area (Å²) in [7, 11) is 0. The molecule has 2 aromatic rings. The molecule has 0 spiro atoms. The van der Waals surface area contributed by atoms with Gasteiger partial charge < -0.3 is 10.6 Å². The molecule has 2 N–H and O–H groups in total. The Hall–Kier alpha value is -2.34. The molecule has 1 amide bonds. The summed E-state index contributed by atoms with van der Waals surface area (Å²) in [5.74, 6) is -4.14. The van der Waals surface area contributed by atoms with Crippen LogP contribution in [-0.4, -0.2) is 25.0 Å². The first kappa shape index (κ1) is 16.5. The number of piperidine rings is 1. The van der Waals surface area contributed by atoms with Crippen molar-refractivity contribution in [1.82, 2.24) is 10.6 Å². The molecule has 0 aromatic heterocycles. The summed E-state index contributed by atoms with van der Waals surface area (Å²) in [6.45, 7) is 1.76. The highest BCUT2D eigenvalue weighted by atomic mass is 19.2. The van der Waals surface area contributed by atoms with Crippen molar-refractivity contribution in [3.05, 3.63) is 59.4 Å². The number of hydrogen-bond acceptors (Lipinski definition) is 2. The Morgan fingerprint density at radius 2 is 1.54 bits per heavy atom. The minimum absolute atomic E-state index is 0.152. The maximum Gasteiger partial charge on any atom is 0.251 e. The van der Waals surface area contributed by atoms with Crippen molar-refractivity contribution in [1.29, 1.82) is 0 Å². The summed E-state index contributed by atoms with van der Waals surface area (Å²) in [6, 6.07) is 8.37. The van der Waals surface area contributed by atoms with E-state index in [2.05, 4.69) is 10.6 Å². The van der Waals surface area contributed by atoms with Crippen LogP contribution in [0.2, 0.25) is 0 Å². The number of rotatable bonds is 3. The van der Waals surface area contributed by atoms with Crippen molar-refractivity contribution < 1.29 is 18.0 Å². The Morgan fingerprint density at radius 3 is 2.12 bits per heavy atom. The number of halogens is 3. The minimum atomic E-state index is -1.49. The molecular formula is C18H17F3N2O. The fourth-order valence-electron chi connectivity index (χ4n) is 2.77. The molecule has 1 heterocycles. The predicted octanol–water partition coefficient (Wildman–Crippen LogP) is 3.25. The first-order valence-corrected chi connectivity index (χ1v) is 7.81. The molecule has 6 heteroatoms. The van der Waals surface area contributed by atoms with Gasteiger partial charge in [0.15, 0.2) is 17.5 Å². The second kappa shape index (κ2) is 7.05.